The van der Waals surface area contributed by atoms with Crippen LogP contribution in [0.25, 0.3) is 10.2 Å². The zero-order chi connectivity index (χ0) is 20.1. The van der Waals surface area contributed by atoms with Crippen molar-refractivity contribution >= 4 is 38.5 Å². The Morgan fingerprint density at radius 1 is 1.10 bits per heavy atom. The van der Waals surface area contributed by atoms with Gasteiger partial charge in [-0.3, -0.25) is 4.79 Å². The molecule has 0 spiro atoms. The van der Waals surface area contributed by atoms with Crippen LogP contribution in [0.5, 0.6) is 5.75 Å². The Kier molecular flexibility index (Phi) is 5.62. The van der Waals surface area contributed by atoms with Crippen molar-refractivity contribution < 1.29 is 9.53 Å². The van der Waals surface area contributed by atoms with Crippen LogP contribution in [0.3, 0.4) is 0 Å². The highest BCUT2D eigenvalue weighted by molar-refractivity contribution is 7.22. The van der Waals surface area contributed by atoms with Gasteiger partial charge >= 0.3 is 0 Å². The van der Waals surface area contributed by atoms with E-state index >= 15 is 0 Å². The molecule has 0 radical (unpaired) electrons. The van der Waals surface area contributed by atoms with Gasteiger partial charge in [0.15, 0.2) is 5.13 Å². The van der Waals surface area contributed by atoms with Gasteiger partial charge in [0.2, 0.25) is 5.95 Å². The number of rotatable bonds is 7. The maximum atomic E-state index is 12.5. The summed E-state index contributed by atoms with van der Waals surface area (Å²) in [5.41, 5.74) is 2.57. The molecule has 0 aliphatic rings. The summed E-state index contributed by atoms with van der Waals surface area (Å²) in [6, 6.07) is 15.1. The van der Waals surface area contributed by atoms with Crippen LogP contribution in [0.1, 0.15) is 15.9 Å². The Morgan fingerprint density at radius 2 is 1.90 bits per heavy atom. The molecule has 1 amide bonds. The van der Waals surface area contributed by atoms with Gasteiger partial charge in [-0.1, -0.05) is 23.5 Å². The molecule has 8 heteroatoms. The molecule has 7 nitrogen and oxygen atoms in total. The smallest absolute Gasteiger partial charge is 0.251 e. The van der Waals surface area contributed by atoms with E-state index in [0.29, 0.717) is 23.2 Å². The van der Waals surface area contributed by atoms with Crippen LogP contribution >= 0.6 is 11.3 Å². The summed E-state index contributed by atoms with van der Waals surface area (Å²) < 4.78 is 6.08. The third-order valence-electron chi connectivity index (χ3n) is 4.29. The quantitative estimate of drug-likeness (QED) is 0.486. The number of carbonyl (C=O) groups excluding carboxylic acids is 1. The number of carbonyl (C=O) groups is 1. The lowest BCUT2D eigenvalue weighted by atomic mass is 10.1. The molecule has 0 aliphatic carbocycles. The lowest BCUT2D eigenvalue weighted by molar-refractivity contribution is 0.0954. The predicted octanol–water partition coefficient (Wildman–Crippen LogP) is 3.81. The minimum Gasteiger partial charge on any atom is -0.497 e. The number of nitrogens with zero attached hydrogens (tertiary/aromatic N) is 3. The summed E-state index contributed by atoms with van der Waals surface area (Å²) in [6.45, 7) is 0.560. The van der Waals surface area contributed by atoms with Crippen LogP contribution in [-0.4, -0.2) is 34.5 Å². The molecule has 146 valence electrons. The molecule has 2 aromatic heterocycles. The molecule has 0 saturated heterocycles. The number of hydrogen-bond acceptors (Lipinski definition) is 7. The van der Waals surface area contributed by atoms with Gasteiger partial charge in [0, 0.05) is 24.5 Å². The van der Waals surface area contributed by atoms with Crippen LogP contribution in [0, 0.1) is 0 Å². The van der Waals surface area contributed by atoms with E-state index < -0.39 is 0 Å². The summed E-state index contributed by atoms with van der Waals surface area (Å²) in [5, 5.41) is 6.73. The minimum absolute atomic E-state index is 0.102. The maximum Gasteiger partial charge on any atom is 0.251 e. The van der Waals surface area contributed by atoms with E-state index in [4.69, 9.17) is 4.74 Å². The van der Waals surface area contributed by atoms with Gasteiger partial charge in [0.05, 0.1) is 17.3 Å². The number of thiazole rings is 1. The first-order valence-corrected chi connectivity index (χ1v) is 9.89. The predicted molar refractivity (Wildman–Crippen MR) is 114 cm³/mol. The van der Waals surface area contributed by atoms with Crippen molar-refractivity contribution in [3.63, 3.8) is 0 Å². The van der Waals surface area contributed by atoms with Gasteiger partial charge in [0.25, 0.3) is 5.91 Å². The molecule has 0 saturated carbocycles. The zero-order valence-corrected chi connectivity index (χ0v) is 16.6. The molecule has 2 aromatic carbocycles. The lowest BCUT2D eigenvalue weighted by Gasteiger charge is -2.06. The van der Waals surface area contributed by atoms with E-state index in [1.807, 2.05) is 36.4 Å². The standard InChI is InChI=1S/C21H19N5O2S/c1-28-16-6-3-14(4-7-16)9-12-22-19(27)15-5-8-17-18(13-15)29-21(25-17)26-20-23-10-2-11-24-20/h2-8,10-11,13H,9,12H2,1H3,(H,22,27)(H,23,24,25,26). The Balaban J connectivity index is 1.38. The second kappa shape index (κ2) is 8.66. The Labute approximate surface area is 171 Å². The summed E-state index contributed by atoms with van der Waals surface area (Å²) in [6.07, 6.45) is 4.08. The zero-order valence-electron chi connectivity index (χ0n) is 15.8. The number of benzene rings is 2. The molecule has 29 heavy (non-hydrogen) atoms. The van der Waals surface area contributed by atoms with Gasteiger partial charge in [-0.05, 0) is 48.4 Å². The van der Waals surface area contributed by atoms with Gasteiger partial charge in [-0.2, -0.15) is 0 Å². The molecule has 0 atom stereocenters. The van der Waals surface area contributed by atoms with Crippen LogP contribution in [-0.2, 0) is 6.42 Å². The van der Waals surface area contributed by atoms with E-state index in [1.54, 1.807) is 31.6 Å². The van der Waals surface area contributed by atoms with E-state index in [9.17, 15) is 4.79 Å². The molecule has 0 aliphatic heterocycles. The second-order valence-corrected chi connectivity index (χ2v) is 7.28. The van der Waals surface area contributed by atoms with Crippen LogP contribution < -0.4 is 15.4 Å². The number of amides is 1. The van der Waals surface area contributed by atoms with Crippen LogP contribution in [0.2, 0.25) is 0 Å². The first kappa shape index (κ1) is 18.8. The largest absolute Gasteiger partial charge is 0.497 e. The van der Waals surface area contributed by atoms with Crippen molar-refractivity contribution in [2.24, 2.45) is 0 Å². The SMILES string of the molecule is COc1ccc(CCNC(=O)c2ccc3nc(Nc4ncccn4)sc3c2)cc1. The van der Waals surface area contributed by atoms with Crippen molar-refractivity contribution in [3.05, 3.63) is 72.1 Å². The van der Waals surface area contributed by atoms with E-state index in [1.165, 1.54) is 11.3 Å². The molecular formula is C21H19N5O2S. The average molecular weight is 405 g/mol. The molecule has 2 heterocycles. The molecule has 0 bridgehead atoms. The van der Waals surface area contributed by atoms with Crippen molar-refractivity contribution in [2.75, 3.05) is 19.0 Å². The minimum atomic E-state index is -0.102. The fourth-order valence-electron chi connectivity index (χ4n) is 2.79. The number of nitrogens with one attached hydrogen (secondary N) is 2. The van der Waals surface area contributed by atoms with Crippen LogP contribution in [0.15, 0.2) is 60.9 Å². The van der Waals surface area contributed by atoms with Crippen LogP contribution in [0.4, 0.5) is 11.1 Å². The number of anilines is 2. The second-order valence-electron chi connectivity index (χ2n) is 6.25. The highest BCUT2D eigenvalue weighted by Crippen LogP contribution is 2.28. The number of aromatic nitrogens is 3. The molecule has 4 rings (SSSR count). The highest BCUT2D eigenvalue weighted by atomic mass is 32.1. The van der Waals surface area contributed by atoms with Gasteiger partial charge in [0.1, 0.15) is 5.75 Å². The first-order valence-electron chi connectivity index (χ1n) is 9.07. The summed E-state index contributed by atoms with van der Waals surface area (Å²) in [7, 11) is 1.64. The van der Waals surface area contributed by atoms with E-state index in [0.717, 1.165) is 28.0 Å². The fourth-order valence-corrected chi connectivity index (χ4v) is 3.69. The Bertz CT molecular complexity index is 1110. The lowest BCUT2D eigenvalue weighted by Crippen LogP contribution is -2.25. The number of methoxy groups -OCH3 is 1. The highest BCUT2D eigenvalue weighted by Gasteiger charge is 2.10. The number of hydrogen-bond donors (Lipinski definition) is 2. The topological polar surface area (TPSA) is 89.0 Å². The third-order valence-corrected chi connectivity index (χ3v) is 5.23. The van der Waals surface area contributed by atoms with Crippen molar-refractivity contribution in [1.29, 1.82) is 0 Å². The monoisotopic (exact) mass is 405 g/mol. The summed E-state index contributed by atoms with van der Waals surface area (Å²) in [5.74, 6) is 1.21. The molecule has 2 N–H and O–H groups in total. The average Bonchev–Trinajstić information content (AvgIpc) is 3.16. The van der Waals surface area contributed by atoms with Gasteiger partial charge in [-0.15, -0.1) is 0 Å². The fraction of sp³-hybridized carbons (Fsp3) is 0.143. The van der Waals surface area contributed by atoms with Crippen molar-refractivity contribution in [3.8, 4) is 5.75 Å². The first-order chi connectivity index (χ1) is 14.2. The number of ether oxygens (including phenoxy) is 1. The summed E-state index contributed by atoms with van der Waals surface area (Å²) >= 11 is 1.45. The molecule has 0 unspecified atom stereocenters. The molecular weight excluding hydrogens is 386 g/mol. The third kappa shape index (κ3) is 4.67. The van der Waals surface area contributed by atoms with Gasteiger partial charge < -0.3 is 15.4 Å². The van der Waals surface area contributed by atoms with Gasteiger partial charge in [-0.25, -0.2) is 15.0 Å². The number of fused-ring (bicyclic) bond motifs is 1. The Morgan fingerprint density at radius 3 is 2.66 bits per heavy atom. The molecule has 4 aromatic rings. The normalized spacial score (nSPS) is 10.7. The van der Waals surface area contributed by atoms with Crippen molar-refractivity contribution in [1.82, 2.24) is 20.3 Å². The van der Waals surface area contributed by atoms with Crippen molar-refractivity contribution in [2.45, 2.75) is 6.42 Å². The van der Waals surface area contributed by atoms with E-state index in [-0.39, 0.29) is 5.91 Å². The maximum absolute atomic E-state index is 12.5. The summed E-state index contributed by atoms with van der Waals surface area (Å²) in [4.78, 5) is 25.3. The van der Waals surface area contributed by atoms with E-state index in [2.05, 4.69) is 25.6 Å². The molecule has 0 fully saturated rings. The Hall–Kier alpha value is -3.52.